The number of fused-ring (bicyclic) bond motifs is 6. The molecular weight excluding hydrogens is 508 g/mol. The summed E-state index contributed by atoms with van der Waals surface area (Å²) in [5, 5.41) is 19.0. The van der Waals surface area contributed by atoms with Crippen LogP contribution in [0.25, 0.3) is 6.08 Å². The maximum absolute atomic E-state index is 14.0. The van der Waals surface area contributed by atoms with E-state index in [2.05, 4.69) is 23.2 Å². The molecule has 9 heteroatoms. The van der Waals surface area contributed by atoms with Gasteiger partial charge >= 0.3 is 11.9 Å². The summed E-state index contributed by atoms with van der Waals surface area (Å²) in [4.78, 5) is 38.7. The highest BCUT2D eigenvalue weighted by Gasteiger charge is 2.74. The van der Waals surface area contributed by atoms with Gasteiger partial charge in [0.05, 0.1) is 18.0 Å². The van der Waals surface area contributed by atoms with E-state index in [1.165, 1.54) is 5.57 Å². The second-order valence-electron chi connectivity index (χ2n) is 12.3. The predicted octanol–water partition coefficient (Wildman–Crippen LogP) is 4.24. The van der Waals surface area contributed by atoms with Crippen molar-refractivity contribution in [3.8, 4) is 0 Å². The summed E-state index contributed by atoms with van der Waals surface area (Å²) in [5.74, 6) is -1.98. The molecule has 0 amide bonds. The van der Waals surface area contributed by atoms with Crippen LogP contribution in [-0.2, 0) is 30.3 Å². The van der Waals surface area contributed by atoms with Crippen molar-refractivity contribution in [2.24, 2.45) is 34.5 Å². The zero-order valence-electron chi connectivity index (χ0n) is 22.9. The molecule has 0 saturated heterocycles. The summed E-state index contributed by atoms with van der Waals surface area (Å²) in [6.45, 7) is 9.02. The van der Waals surface area contributed by atoms with E-state index in [-0.39, 0.29) is 47.3 Å². The Hall–Kier alpha value is -2.19. The molecule has 4 aliphatic rings. The van der Waals surface area contributed by atoms with Crippen molar-refractivity contribution in [3.05, 3.63) is 23.0 Å². The van der Waals surface area contributed by atoms with Gasteiger partial charge in [-0.3, -0.25) is 19.5 Å². The number of aliphatic hydroxyl groups is 1. The van der Waals surface area contributed by atoms with Crippen LogP contribution >= 0.6 is 11.6 Å². The number of Topliss-reactive ketones (excluding diaryl/α,β-unsaturated/α-hetero) is 1. The Morgan fingerprint density at radius 3 is 2.61 bits per heavy atom. The summed E-state index contributed by atoms with van der Waals surface area (Å²) in [7, 11) is 0. The number of nitrogens with zero attached hydrogens (tertiary/aromatic N) is 1. The molecule has 0 radical (unpaired) electrons. The summed E-state index contributed by atoms with van der Waals surface area (Å²) in [6, 6.07) is 0. The number of rotatable bonds is 6. The van der Waals surface area contributed by atoms with Gasteiger partial charge in [-0.25, -0.2) is 0 Å². The molecule has 2 N–H and O–H groups in total. The number of hydrogen-bond acceptors (Lipinski definition) is 7. The molecule has 0 unspecified atom stereocenters. The lowest BCUT2D eigenvalue weighted by Crippen LogP contribution is -2.66. The number of allylic oxidation sites excluding steroid dienone is 1. The van der Waals surface area contributed by atoms with Crippen LogP contribution in [-0.4, -0.2) is 56.7 Å². The highest BCUT2D eigenvalue weighted by Crippen LogP contribution is 2.70. The number of H-pyrrole nitrogens is 1. The number of ketones is 1. The number of carbonyl (C=O) groups is 3. The molecule has 4 aliphatic carbocycles. The summed E-state index contributed by atoms with van der Waals surface area (Å²) in [5.41, 5.74) is 0.666. The number of aromatic nitrogens is 2. The average Bonchev–Trinajstić information content (AvgIpc) is 3.40. The molecule has 8 nitrogen and oxygen atoms in total. The second-order valence-corrected chi connectivity index (χ2v) is 12.9. The van der Waals surface area contributed by atoms with Crippen LogP contribution in [0.2, 0.25) is 0 Å². The van der Waals surface area contributed by atoms with Gasteiger partial charge in [-0.15, -0.1) is 11.6 Å². The van der Waals surface area contributed by atoms with E-state index in [0.29, 0.717) is 19.3 Å². The van der Waals surface area contributed by atoms with Crippen molar-refractivity contribution in [1.29, 1.82) is 0 Å². The van der Waals surface area contributed by atoms with E-state index in [1.54, 1.807) is 13.8 Å². The third-order valence-electron chi connectivity index (χ3n) is 10.5. The number of ether oxygens (including phenoxy) is 2. The second kappa shape index (κ2) is 9.47. The molecule has 1 aromatic rings. The van der Waals surface area contributed by atoms with Gasteiger partial charge < -0.3 is 14.6 Å². The van der Waals surface area contributed by atoms with Crippen LogP contribution < -0.4 is 0 Å². The van der Waals surface area contributed by atoms with Crippen LogP contribution in [0.5, 0.6) is 0 Å². The van der Waals surface area contributed by atoms with E-state index < -0.39 is 41.4 Å². The van der Waals surface area contributed by atoms with E-state index in [0.717, 1.165) is 17.7 Å². The maximum atomic E-state index is 14.0. The lowest BCUT2D eigenvalue weighted by atomic mass is 9.45. The molecule has 1 heterocycles. The van der Waals surface area contributed by atoms with Crippen LogP contribution in [0.3, 0.4) is 0 Å². The molecule has 0 aliphatic heterocycles. The zero-order valence-corrected chi connectivity index (χ0v) is 23.6. The van der Waals surface area contributed by atoms with Crippen molar-refractivity contribution in [2.75, 3.05) is 6.61 Å². The number of aromatic amines is 1. The molecule has 1 aromatic heterocycles. The fourth-order valence-electron chi connectivity index (χ4n) is 8.80. The summed E-state index contributed by atoms with van der Waals surface area (Å²) < 4.78 is 11.4. The Balaban J connectivity index is 1.57. The highest BCUT2D eigenvalue weighted by molar-refractivity contribution is 6.21. The monoisotopic (exact) mass is 546 g/mol. The maximum Gasteiger partial charge on any atom is 0.306 e. The normalized spacial score (nSPS) is 41.2. The van der Waals surface area contributed by atoms with Gasteiger partial charge in [-0.1, -0.05) is 40.2 Å². The Bertz CT molecular complexity index is 1180. The van der Waals surface area contributed by atoms with Crippen molar-refractivity contribution in [2.45, 2.75) is 90.2 Å². The zero-order chi connectivity index (χ0) is 27.6. The van der Waals surface area contributed by atoms with E-state index in [1.807, 2.05) is 20.0 Å². The van der Waals surface area contributed by atoms with E-state index in [4.69, 9.17) is 21.1 Å². The van der Waals surface area contributed by atoms with Crippen molar-refractivity contribution >= 4 is 35.4 Å². The van der Waals surface area contributed by atoms with Crippen LogP contribution in [0.1, 0.15) is 78.0 Å². The molecule has 38 heavy (non-hydrogen) atoms. The van der Waals surface area contributed by atoms with Gasteiger partial charge in [0.15, 0.2) is 12.2 Å². The third kappa shape index (κ3) is 3.73. The number of alkyl halides is 1. The molecule has 208 valence electrons. The first-order chi connectivity index (χ1) is 17.9. The number of hydrogen-bond donors (Lipinski definition) is 2. The fourth-order valence-corrected chi connectivity index (χ4v) is 9.30. The van der Waals surface area contributed by atoms with E-state index in [9.17, 15) is 19.5 Å². The lowest BCUT2D eigenvalue weighted by Gasteiger charge is -2.61. The van der Waals surface area contributed by atoms with Gasteiger partial charge in [-0.05, 0) is 60.5 Å². The number of halogens is 1. The molecule has 0 spiro atoms. The van der Waals surface area contributed by atoms with Gasteiger partial charge in [0.1, 0.15) is 0 Å². The molecule has 3 saturated carbocycles. The van der Waals surface area contributed by atoms with Crippen LogP contribution in [0.15, 0.2) is 11.8 Å². The van der Waals surface area contributed by atoms with Gasteiger partial charge in [-0.2, -0.15) is 5.10 Å². The standard InChI is InChI=1S/C29H39ClN2O6/c1-6-23(35)37-14-22(34)29(38-24(36)7-2)15(3)8-18-25-19(30)9-17-10-20-16(13-31-32-20)11-27(17,4)26(25)21(33)12-28(18,29)5/h10,13,15,18-19,21,25-26,33H,6-9,11-12,14H2,1-5H3,(H,31,32)/t15-,18+,19-,21+,25-,26+,27+,28+,29-/m1/s1. The summed E-state index contributed by atoms with van der Waals surface area (Å²) in [6.07, 6.45) is 5.86. The fraction of sp³-hybridized carbons (Fsp3) is 0.724. The first-order valence-corrected chi connectivity index (χ1v) is 14.3. The van der Waals surface area contributed by atoms with Crippen LogP contribution in [0.4, 0.5) is 0 Å². The first kappa shape index (κ1) is 27.4. The molecule has 5 rings (SSSR count). The highest BCUT2D eigenvalue weighted by atomic mass is 35.5. The van der Waals surface area contributed by atoms with Gasteiger partial charge in [0, 0.05) is 29.6 Å². The van der Waals surface area contributed by atoms with Crippen LogP contribution in [0, 0.1) is 34.5 Å². The average molecular weight is 547 g/mol. The smallest absolute Gasteiger partial charge is 0.306 e. The van der Waals surface area contributed by atoms with Gasteiger partial charge in [0.25, 0.3) is 0 Å². The Kier molecular flexibility index (Phi) is 6.83. The first-order valence-electron chi connectivity index (χ1n) is 13.9. The molecule has 0 aromatic carbocycles. The Morgan fingerprint density at radius 1 is 1.21 bits per heavy atom. The minimum Gasteiger partial charge on any atom is -0.457 e. The van der Waals surface area contributed by atoms with Crippen molar-refractivity contribution in [3.63, 3.8) is 0 Å². The van der Waals surface area contributed by atoms with Crippen molar-refractivity contribution in [1.82, 2.24) is 10.2 Å². The molecular formula is C29H39ClN2O6. The number of esters is 2. The molecule has 0 bridgehead atoms. The number of nitrogens with one attached hydrogen (secondary N) is 1. The summed E-state index contributed by atoms with van der Waals surface area (Å²) >= 11 is 7.20. The lowest BCUT2D eigenvalue weighted by molar-refractivity contribution is -0.207. The Morgan fingerprint density at radius 2 is 1.92 bits per heavy atom. The quantitative estimate of drug-likeness (QED) is 0.404. The van der Waals surface area contributed by atoms with Crippen molar-refractivity contribution < 1.29 is 29.0 Å². The predicted molar refractivity (Wildman–Crippen MR) is 141 cm³/mol. The Labute approximate surface area is 228 Å². The molecule has 3 fully saturated rings. The number of carbonyl (C=O) groups excluding carboxylic acids is 3. The van der Waals surface area contributed by atoms with E-state index >= 15 is 0 Å². The minimum absolute atomic E-state index is 0.0620. The minimum atomic E-state index is -1.51. The van der Waals surface area contributed by atoms with Gasteiger partial charge in [0.2, 0.25) is 5.78 Å². The largest absolute Gasteiger partial charge is 0.457 e. The SMILES string of the molecule is CCC(=O)OCC(=O)[C@]1(OC(=O)CC)[C@H](C)C[C@H]2[C@H]3[C@H]([C@@H](O)C[C@@]21C)[C@@]1(C)Cc2cn[nH]c2C=C1C[C@H]3Cl. The number of aliphatic hydroxyl groups excluding tert-OH is 1. The third-order valence-corrected chi connectivity index (χ3v) is 10.9. The molecule has 9 atom stereocenters. The topological polar surface area (TPSA) is 119 Å².